The Balaban J connectivity index is 1.73. The summed E-state index contributed by atoms with van der Waals surface area (Å²) >= 11 is 0. The molecule has 1 saturated carbocycles. The van der Waals surface area contributed by atoms with Crippen LogP contribution in [0.4, 0.5) is 0 Å². The van der Waals surface area contributed by atoms with E-state index in [4.69, 9.17) is 5.73 Å². The average molecular weight is 236 g/mol. The summed E-state index contributed by atoms with van der Waals surface area (Å²) in [5, 5.41) is 7.85. The second-order valence-corrected chi connectivity index (χ2v) is 5.11. The van der Waals surface area contributed by atoms with E-state index in [2.05, 4.69) is 16.6 Å². The highest BCUT2D eigenvalue weighted by Crippen LogP contribution is 2.23. The lowest BCUT2D eigenvalue weighted by atomic mass is 9.84. The highest BCUT2D eigenvalue weighted by atomic mass is 15.2. The molecule has 1 aliphatic rings. The first-order chi connectivity index (χ1) is 8.29. The fraction of sp³-hybridized carbons (Fsp3) is 0.769. The Morgan fingerprint density at radius 1 is 1.47 bits per heavy atom. The van der Waals surface area contributed by atoms with E-state index in [0.717, 1.165) is 19.5 Å². The van der Waals surface area contributed by atoms with Crippen LogP contribution < -0.4 is 11.1 Å². The molecule has 3 N–H and O–H groups in total. The van der Waals surface area contributed by atoms with Crippen molar-refractivity contribution < 1.29 is 0 Å². The van der Waals surface area contributed by atoms with Gasteiger partial charge in [-0.2, -0.15) is 5.10 Å². The lowest BCUT2D eigenvalue weighted by Crippen LogP contribution is -2.42. The molecule has 1 aromatic rings. The van der Waals surface area contributed by atoms with E-state index in [9.17, 15) is 0 Å². The maximum Gasteiger partial charge on any atom is 0.0522 e. The summed E-state index contributed by atoms with van der Waals surface area (Å²) < 4.78 is 1.86. The molecule has 17 heavy (non-hydrogen) atoms. The summed E-state index contributed by atoms with van der Waals surface area (Å²) in [5.74, 6) is 0.678. The summed E-state index contributed by atoms with van der Waals surface area (Å²) in [6.45, 7) is 1.86. The zero-order chi connectivity index (χ0) is 12.1. The predicted molar refractivity (Wildman–Crippen MR) is 69.7 cm³/mol. The van der Waals surface area contributed by atoms with Crippen molar-refractivity contribution in [3.05, 3.63) is 18.0 Å². The summed E-state index contributed by atoms with van der Waals surface area (Å²) in [4.78, 5) is 0. The van der Waals surface area contributed by atoms with Crippen LogP contribution in [-0.2, 0) is 13.5 Å². The molecule has 1 fully saturated rings. The average Bonchev–Trinajstić information content (AvgIpc) is 2.76. The molecule has 0 aromatic carbocycles. The molecular formula is C13H24N4. The number of nitrogens with two attached hydrogens (primary N) is 1. The second-order valence-electron chi connectivity index (χ2n) is 5.11. The van der Waals surface area contributed by atoms with Crippen molar-refractivity contribution >= 4 is 0 Å². The highest BCUT2D eigenvalue weighted by Gasteiger charge is 2.22. The zero-order valence-corrected chi connectivity index (χ0v) is 10.7. The molecule has 0 spiro atoms. The topological polar surface area (TPSA) is 55.9 Å². The number of hydrogen-bond acceptors (Lipinski definition) is 3. The molecule has 0 saturated heterocycles. The van der Waals surface area contributed by atoms with Crippen LogP contribution in [0.25, 0.3) is 0 Å². The minimum atomic E-state index is 0.630. The molecule has 2 unspecified atom stereocenters. The maximum atomic E-state index is 5.83. The fourth-order valence-electron chi connectivity index (χ4n) is 2.76. The quantitative estimate of drug-likeness (QED) is 0.804. The van der Waals surface area contributed by atoms with Crippen LogP contribution in [0.15, 0.2) is 12.4 Å². The van der Waals surface area contributed by atoms with E-state index < -0.39 is 0 Å². The van der Waals surface area contributed by atoms with Gasteiger partial charge in [0.2, 0.25) is 0 Å². The second kappa shape index (κ2) is 6.17. The fourth-order valence-corrected chi connectivity index (χ4v) is 2.76. The minimum Gasteiger partial charge on any atom is -0.330 e. The van der Waals surface area contributed by atoms with Gasteiger partial charge in [0.1, 0.15) is 0 Å². The van der Waals surface area contributed by atoms with E-state index >= 15 is 0 Å². The van der Waals surface area contributed by atoms with Gasteiger partial charge in [-0.1, -0.05) is 12.8 Å². The van der Waals surface area contributed by atoms with Gasteiger partial charge >= 0.3 is 0 Å². The standard InChI is InChI=1S/C13H24N4/c1-17-10-11(9-16-17)6-7-15-13-5-3-2-4-12(13)8-14/h9-10,12-13,15H,2-8,14H2,1H3. The van der Waals surface area contributed by atoms with Crippen molar-refractivity contribution in [3.63, 3.8) is 0 Å². The van der Waals surface area contributed by atoms with Gasteiger partial charge < -0.3 is 11.1 Å². The molecule has 0 bridgehead atoms. The number of hydrogen-bond donors (Lipinski definition) is 2. The maximum absolute atomic E-state index is 5.83. The Bertz CT molecular complexity index is 334. The molecule has 1 aromatic heterocycles. The van der Waals surface area contributed by atoms with Crippen molar-refractivity contribution in [1.29, 1.82) is 0 Å². The summed E-state index contributed by atoms with van der Waals surface area (Å²) in [6, 6.07) is 0.630. The number of aromatic nitrogens is 2. The largest absolute Gasteiger partial charge is 0.330 e. The molecule has 0 aliphatic heterocycles. The lowest BCUT2D eigenvalue weighted by molar-refractivity contribution is 0.269. The normalized spacial score (nSPS) is 25.1. The number of aryl methyl sites for hydroxylation is 1. The van der Waals surface area contributed by atoms with Crippen molar-refractivity contribution in [3.8, 4) is 0 Å². The Hall–Kier alpha value is -0.870. The molecular weight excluding hydrogens is 212 g/mol. The van der Waals surface area contributed by atoms with E-state index in [1.54, 1.807) is 0 Å². The Morgan fingerprint density at radius 2 is 2.29 bits per heavy atom. The van der Waals surface area contributed by atoms with Gasteiger partial charge in [0.05, 0.1) is 6.20 Å². The first-order valence-electron chi connectivity index (χ1n) is 6.70. The molecule has 0 radical (unpaired) electrons. The predicted octanol–water partition coefficient (Wildman–Crippen LogP) is 1.07. The Labute approximate surface area is 104 Å². The monoisotopic (exact) mass is 236 g/mol. The first kappa shape index (κ1) is 12.6. The van der Waals surface area contributed by atoms with Gasteiger partial charge in [-0.3, -0.25) is 4.68 Å². The van der Waals surface area contributed by atoms with Crippen LogP contribution >= 0.6 is 0 Å². The van der Waals surface area contributed by atoms with Crippen molar-refractivity contribution in [2.24, 2.45) is 18.7 Å². The van der Waals surface area contributed by atoms with Gasteiger partial charge in [-0.25, -0.2) is 0 Å². The molecule has 4 heteroatoms. The lowest BCUT2D eigenvalue weighted by Gasteiger charge is -2.31. The smallest absolute Gasteiger partial charge is 0.0522 e. The minimum absolute atomic E-state index is 0.630. The van der Waals surface area contributed by atoms with Gasteiger partial charge in [0, 0.05) is 19.3 Å². The number of nitrogens with zero attached hydrogens (tertiary/aromatic N) is 2. The molecule has 2 rings (SSSR count). The van der Waals surface area contributed by atoms with Crippen LogP contribution in [0.2, 0.25) is 0 Å². The van der Waals surface area contributed by atoms with E-state index in [0.29, 0.717) is 12.0 Å². The Kier molecular flexibility index (Phi) is 4.57. The van der Waals surface area contributed by atoms with Crippen molar-refractivity contribution in [2.45, 2.75) is 38.1 Å². The van der Waals surface area contributed by atoms with E-state index in [1.165, 1.54) is 31.2 Å². The summed E-state index contributed by atoms with van der Waals surface area (Å²) in [7, 11) is 1.96. The zero-order valence-electron chi connectivity index (χ0n) is 10.7. The molecule has 4 nitrogen and oxygen atoms in total. The summed E-state index contributed by atoms with van der Waals surface area (Å²) in [5.41, 5.74) is 7.13. The number of rotatable bonds is 5. The Morgan fingerprint density at radius 3 is 3.00 bits per heavy atom. The van der Waals surface area contributed by atoms with Crippen LogP contribution in [0.1, 0.15) is 31.2 Å². The third-order valence-corrected chi connectivity index (χ3v) is 3.79. The van der Waals surface area contributed by atoms with E-state index in [1.807, 2.05) is 17.9 Å². The van der Waals surface area contributed by atoms with Crippen molar-refractivity contribution in [2.75, 3.05) is 13.1 Å². The van der Waals surface area contributed by atoms with Crippen molar-refractivity contribution in [1.82, 2.24) is 15.1 Å². The van der Waals surface area contributed by atoms with Gasteiger partial charge in [-0.05, 0) is 43.8 Å². The van der Waals surface area contributed by atoms with Crippen LogP contribution in [0.3, 0.4) is 0 Å². The van der Waals surface area contributed by atoms with Gasteiger partial charge in [-0.15, -0.1) is 0 Å². The molecule has 2 atom stereocenters. The highest BCUT2D eigenvalue weighted by molar-refractivity contribution is 5.04. The first-order valence-corrected chi connectivity index (χ1v) is 6.70. The SMILES string of the molecule is Cn1cc(CCNC2CCCCC2CN)cn1. The number of nitrogens with one attached hydrogen (secondary N) is 1. The molecule has 1 heterocycles. The molecule has 0 amide bonds. The van der Waals surface area contributed by atoms with E-state index in [-0.39, 0.29) is 0 Å². The molecule has 1 aliphatic carbocycles. The third kappa shape index (κ3) is 3.54. The van der Waals surface area contributed by atoms with Crippen LogP contribution in [0, 0.1) is 5.92 Å². The summed E-state index contributed by atoms with van der Waals surface area (Å²) in [6.07, 6.45) is 10.4. The third-order valence-electron chi connectivity index (χ3n) is 3.79. The van der Waals surface area contributed by atoms with Gasteiger partial charge in [0.15, 0.2) is 0 Å². The molecule has 96 valence electrons. The van der Waals surface area contributed by atoms with Crippen LogP contribution in [0.5, 0.6) is 0 Å². The van der Waals surface area contributed by atoms with Gasteiger partial charge in [0.25, 0.3) is 0 Å². The van der Waals surface area contributed by atoms with Crippen LogP contribution in [-0.4, -0.2) is 28.9 Å².